The van der Waals surface area contributed by atoms with Gasteiger partial charge in [0.2, 0.25) is 0 Å². The van der Waals surface area contributed by atoms with Gasteiger partial charge in [0.05, 0.1) is 5.69 Å². The highest BCUT2D eigenvalue weighted by molar-refractivity contribution is 5.42. The predicted octanol–water partition coefficient (Wildman–Crippen LogP) is 2.72. The summed E-state index contributed by atoms with van der Waals surface area (Å²) in [6.07, 6.45) is 3.28. The van der Waals surface area contributed by atoms with Crippen molar-refractivity contribution in [2.75, 3.05) is 0 Å². The van der Waals surface area contributed by atoms with E-state index in [1.807, 2.05) is 66.2 Å². The lowest BCUT2D eigenvalue weighted by atomic mass is 10.0. The lowest BCUT2D eigenvalue weighted by Gasteiger charge is -2.11. The minimum atomic E-state index is -0.599. The summed E-state index contributed by atoms with van der Waals surface area (Å²) >= 11 is 0. The van der Waals surface area contributed by atoms with Gasteiger partial charge in [-0.15, -0.1) is 0 Å². The van der Waals surface area contributed by atoms with Gasteiger partial charge >= 0.3 is 0 Å². The second-order valence-corrected chi connectivity index (χ2v) is 4.42. The highest BCUT2D eigenvalue weighted by Gasteiger charge is 2.10. The Balaban J connectivity index is 2.03. The number of aliphatic hydroxyl groups excluding tert-OH is 1. The van der Waals surface area contributed by atoms with Gasteiger partial charge in [-0.25, -0.2) is 4.98 Å². The van der Waals surface area contributed by atoms with E-state index in [1.54, 1.807) is 0 Å². The van der Waals surface area contributed by atoms with E-state index in [0.717, 1.165) is 22.5 Å². The van der Waals surface area contributed by atoms with Crippen LogP contribution in [0, 0.1) is 6.92 Å². The van der Waals surface area contributed by atoms with E-state index in [0.29, 0.717) is 0 Å². The Hall–Kier alpha value is -2.13. The van der Waals surface area contributed by atoms with E-state index in [-0.39, 0.29) is 0 Å². The van der Waals surface area contributed by atoms with Crippen LogP contribution in [-0.4, -0.2) is 14.5 Å². The van der Waals surface area contributed by atoms with E-state index < -0.39 is 6.10 Å². The van der Waals surface area contributed by atoms with Gasteiger partial charge in [0, 0.05) is 18.0 Å². The van der Waals surface area contributed by atoms with Gasteiger partial charge in [-0.3, -0.25) is 0 Å². The Morgan fingerprint density at radius 1 is 1.00 bits per heavy atom. The SMILES string of the molecule is Cc1cn2cc([C@@H](O)c3ccccc3)ccc2n1. The summed E-state index contributed by atoms with van der Waals surface area (Å²) in [4.78, 5) is 4.37. The molecular weight excluding hydrogens is 224 g/mol. The molecule has 0 radical (unpaired) electrons. The molecule has 0 amide bonds. The maximum atomic E-state index is 10.3. The molecule has 0 fully saturated rings. The molecule has 2 aromatic heterocycles. The smallest absolute Gasteiger partial charge is 0.136 e. The van der Waals surface area contributed by atoms with Crippen LogP contribution in [0.2, 0.25) is 0 Å². The summed E-state index contributed by atoms with van der Waals surface area (Å²) < 4.78 is 1.94. The van der Waals surface area contributed by atoms with Gasteiger partial charge in [-0.1, -0.05) is 36.4 Å². The summed E-state index contributed by atoms with van der Waals surface area (Å²) in [6, 6.07) is 13.5. The van der Waals surface area contributed by atoms with Crippen molar-refractivity contribution in [2.45, 2.75) is 13.0 Å². The van der Waals surface area contributed by atoms with Crippen LogP contribution in [0.4, 0.5) is 0 Å². The van der Waals surface area contributed by atoms with E-state index in [4.69, 9.17) is 0 Å². The van der Waals surface area contributed by atoms with Gasteiger partial charge in [0.1, 0.15) is 11.8 Å². The first-order valence-electron chi connectivity index (χ1n) is 5.92. The molecule has 3 nitrogen and oxygen atoms in total. The van der Waals surface area contributed by atoms with Crippen LogP contribution >= 0.6 is 0 Å². The van der Waals surface area contributed by atoms with Crippen LogP contribution in [0.15, 0.2) is 54.9 Å². The van der Waals surface area contributed by atoms with Crippen LogP contribution in [0.25, 0.3) is 5.65 Å². The number of hydrogen-bond donors (Lipinski definition) is 1. The molecule has 0 saturated carbocycles. The molecule has 1 N–H and O–H groups in total. The van der Waals surface area contributed by atoms with Crippen LogP contribution < -0.4 is 0 Å². The Labute approximate surface area is 105 Å². The first kappa shape index (κ1) is 11.0. The molecule has 0 aliphatic rings. The average molecular weight is 238 g/mol. The molecular formula is C15H14N2O. The molecule has 0 spiro atoms. The first-order valence-corrected chi connectivity index (χ1v) is 5.92. The maximum absolute atomic E-state index is 10.3. The topological polar surface area (TPSA) is 37.5 Å². The fraction of sp³-hybridized carbons (Fsp3) is 0.133. The first-order chi connectivity index (χ1) is 8.74. The van der Waals surface area contributed by atoms with E-state index >= 15 is 0 Å². The lowest BCUT2D eigenvalue weighted by molar-refractivity contribution is 0.220. The Morgan fingerprint density at radius 2 is 1.78 bits per heavy atom. The van der Waals surface area contributed by atoms with E-state index in [9.17, 15) is 5.11 Å². The predicted molar refractivity (Wildman–Crippen MR) is 70.4 cm³/mol. The Kier molecular flexibility index (Phi) is 2.61. The normalized spacial score (nSPS) is 12.8. The number of pyridine rings is 1. The minimum absolute atomic E-state index is 0.599. The minimum Gasteiger partial charge on any atom is -0.384 e. The number of imidazole rings is 1. The molecule has 3 heteroatoms. The molecule has 0 saturated heterocycles. The Morgan fingerprint density at radius 3 is 2.56 bits per heavy atom. The summed E-state index contributed by atoms with van der Waals surface area (Å²) in [7, 11) is 0. The number of aliphatic hydroxyl groups is 1. The second-order valence-electron chi connectivity index (χ2n) is 4.42. The zero-order valence-corrected chi connectivity index (χ0v) is 10.1. The van der Waals surface area contributed by atoms with Gasteiger partial charge in [0.25, 0.3) is 0 Å². The number of benzene rings is 1. The summed E-state index contributed by atoms with van der Waals surface area (Å²) in [5.74, 6) is 0. The molecule has 18 heavy (non-hydrogen) atoms. The quantitative estimate of drug-likeness (QED) is 0.745. The highest BCUT2D eigenvalue weighted by atomic mass is 16.3. The number of fused-ring (bicyclic) bond motifs is 1. The van der Waals surface area contributed by atoms with Crippen LogP contribution in [0.1, 0.15) is 22.9 Å². The van der Waals surface area contributed by atoms with Crippen molar-refractivity contribution in [1.82, 2.24) is 9.38 Å². The monoisotopic (exact) mass is 238 g/mol. The molecule has 90 valence electrons. The number of aromatic nitrogens is 2. The van der Waals surface area contributed by atoms with Crippen LogP contribution in [0.3, 0.4) is 0 Å². The molecule has 1 atom stereocenters. The van der Waals surface area contributed by atoms with Crippen molar-refractivity contribution < 1.29 is 5.11 Å². The molecule has 2 heterocycles. The summed E-state index contributed by atoms with van der Waals surface area (Å²) in [5, 5.41) is 10.3. The van der Waals surface area contributed by atoms with E-state index in [1.165, 1.54) is 0 Å². The third-order valence-electron chi connectivity index (χ3n) is 3.03. The largest absolute Gasteiger partial charge is 0.384 e. The van der Waals surface area contributed by atoms with Crippen molar-refractivity contribution in [1.29, 1.82) is 0 Å². The fourth-order valence-corrected chi connectivity index (χ4v) is 2.13. The lowest BCUT2D eigenvalue weighted by Crippen LogP contribution is -2.00. The van der Waals surface area contributed by atoms with Crippen LogP contribution in [0.5, 0.6) is 0 Å². The van der Waals surface area contributed by atoms with Gasteiger partial charge in [-0.05, 0) is 18.6 Å². The zero-order chi connectivity index (χ0) is 12.5. The highest BCUT2D eigenvalue weighted by Crippen LogP contribution is 2.22. The Bertz CT molecular complexity index is 673. The van der Waals surface area contributed by atoms with Crippen molar-refractivity contribution in [3.05, 3.63) is 71.7 Å². The number of hydrogen-bond acceptors (Lipinski definition) is 2. The van der Waals surface area contributed by atoms with Crippen molar-refractivity contribution >= 4 is 5.65 Å². The van der Waals surface area contributed by atoms with Crippen molar-refractivity contribution in [2.24, 2.45) is 0 Å². The molecule has 0 unspecified atom stereocenters. The molecule has 0 aliphatic carbocycles. The summed E-state index contributed by atoms with van der Waals surface area (Å²) in [5.41, 5.74) is 3.64. The molecule has 1 aromatic carbocycles. The zero-order valence-electron chi connectivity index (χ0n) is 10.1. The molecule has 0 aliphatic heterocycles. The summed E-state index contributed by atoms with van der Waals surface area (Å²) in [6.45, 7) is 1.96. The third-order valence-corrected chi connectivity index (χ3v) is 3.03. The molecule has 3 rings (SSSR count). The van der Waals surface area contributed by atoms with Gasteiger partial charge < -0.3 is 9.51 Å². The maximum Gasteiger partial charge on any atom is 0.136 e. The number of rotatable bonds is 2. The van der Waals surface area contributed by atoms with Gasteiger partial charge in [-0.2, -0.15) is 0 Å². The average Bonchev–Trinajstić information content (AvgIpc) is 2.78. The van der Waals surface area contributed by atoms with Crippen molar-refractivity contribution in [3.8, 4) is 0 Å². The van der Waals surface area contributed by atoms with Crippen LogP contribution in [-0.2, 0) is 0 Å². The number of nitrogens with zero attached hydrogens (tertiary/aromatic N) is 2. The second kappa shape index (κ2) is 4.27. The molecule has 0 bridgehead atoms. The molecule has 3 aromatic rings. The van der Waals surface area contributed by atoms with Gasteiger partial charge in [0.15, 0.2) is 0 Å². The van der Waals surface area contributed by atoms with E-state index in [2.05, 4.69) is 4.98 Å². The number of aryl methyl sites for hydroxylation is 1. The van der Waals surface area contributed by atoms with Crippen molar-refractivity contribution in [3.63, 3.8) is 0 Å². The third kappa shape index (κ3) is 1.89. The standard InChI is InChI=1S/C15H14N2O/c1-11-9-17-10-13(7-8-14(17)16-11)15(18)12-5-3-2-4-6-12/h2-10,15,18H,1H3/t15-/m0/s1. The fourth-order valence-electron chi connectivity index (χ4n) is 2.13.